The Morgan fingerprint density at radius 1 is 1.19 bits per heavy atom. The highest BCUT2D eigenvalue weighted by Gasteiger charge is 2.10. The molecule has 148 valence electrons. The maximum atomic E-state index is 11.5. The number of hydrogen-bond acceptors (Lipinski definition) is 5. The first-order chi connectivity index (χ1) is 12.5. The lowest BCUT2D eigenvalue weighted by atomic mass is 10.1. The molecule has 7 heteroatoms. The number of rotatable bonds is 12. The molecule has 7 nitrogen and oxygen atoms in total. The molecule has 1 aromatic carbocycles. The van der Waals surface area contributed by atoms with Gasteiger partial charge in [0.05, 0.1) is 7.11 Å². The minimum atomic E-state index is -0.590. The summed E-state index contributed by atoms with van der Waals surface area (Å²) in [5, 5.41) is 18.7. The molecule has 0 aliphatic heterocycles. The van der Waals surface area contributed by atoms with Crippen LogP contribution in [-0.2, 0) is 6.42 Å². The second-order valence-electron chi connectivity index (χ2n) is 6.45. The molecule has 0 saturated heterocycles. The average Bonchev–Trinajstić information content (AvgIpc) is 2.63. The molecule has 4 N–H and O–H groups in total. The second-order valence-corrected chi connectivity index (χ2v) is 6.45. The van der Waals surface area contributed by atoms with Crippen LogP contribution in [0.15, 0.2) is 18.2 Å². The standard InChI is InChI=1S/C19H33N3O4/c1-5-9-20-19(24)21-10-8-15-6-7-17(18(11-15)25-4)26-13-16(23)12-22-14(2)3/h6-7,11,14,16,22-23H,5,8-10,12-13H2,1-4H3,(H2,20,21,24). The van der Waals surface area contributed by atoms with Crippen molar-refractivity contribution >= 4 is 6.03 Å². The molecule has 0 saturated carbocycles. The highest BCUT2D eigenvalue weighted by atomic mass is 16.5. The van der Waals surface area contributed by atoms with E-state index >= 15 is 0 Å². The number of ether oxygens (including phenoxy) is 2. The Labute approximate surface area is 156 Å². The Morgan fingerprint density at radius 2 is 1.92 bits per heavy atom. The zero-order chi connectivity index (χ0) is 19.4. The molecule has 1 atom stereocenters. The van der Waals surface area contributed by atoms with Crippen molar-refractivity contribution in [3.8, 4) is 11.5 Å². The second kappa shape index (κ2) is 12.4. The van der Waals surface area contributed by atoms with Crippen LogP contribution in [-0.4, -0.2) is 56.6 Å². The summed E-state index contributed by atoms with van der Waals surface area (Å²) in [6, 6.07) is 5.81. The van der Waals surface area contributed by atoms with Crippen molar-refractivity contribution in [3.63, 3.8) is 0 Å². The molecule has 26 heavy (non-hydrogen) atoms. The first-order valence-corrected chi connectivity index (χ1v) is 9.19. The van der Waals surface area contributed by atoms with Crippen molar-refractivity contribution in [2.75, 3.05) is 33.4 Å². The number of carbonyl (C=O) groups excluding carboxylic acids is 1. The van der Waals surface area contributed by atoms with Gasteiger partial charge in [0.2, 0.25) is 0 Å². The minimum Gasteiger partial charge on any atom is -0.493 e. The molecule has 1 rings (SSSR count). The van der Waals surface area contributed by atoms with Crippen LogP contribution in [0.4, 0.5) is 4.79 Å². The Balaban J connectivity index is 2.47. The Hall–Kier alpha value is -1.99. The van der Waals surface area contributed by atoms with Crippen LogP contribution in [0.1, 0.15) is 32.8 Å². The summed E-state index contributed by atoms with van der Waals surface area (Å²) in [7, 11) is 1.58. The summed E-state index contributed by atoms with van der Waals surface area (Å²) in [6.45, 7) is 7.94. The predicted molar refractivity (Wildman–Crippen MR) is 103 cm³/mol. The molecule has 0 aliphatic rings. The van der Waals surface area contributed by atoms with Crippen molar-refractivity contribution in [1.29, 1.82) is 0 Å². The lowest BCUT2D eigenvalue weighted by Crippen LogP contribution is -2.36. The van der Waals surface area contributed by atoms with Crippen LogP contribution in [0.5, 0.6) is 11.5 Å². The van der Waals surface area contributed by atoms with Gasteiger partial charge in [0.25, 0.3) is 0 Å². The number of urea groups is 1. The zero-order valence-corrected chi connectivity index (χ0v) is 16.3. The van der Waals surface area contributed by atoms with E-state index in [1.165, 1.54) is 0 Å². The van der Waals surface area contributed by atoms with Crippen LogP contribution >= 0.6 is 0 Å². The van der Waals surface area contributed by atoms with Crippen molar-refractivity contribution in [3.05, 3.63) is 23.8 Å². The number of nitrogens with one attached hydrogen (secondary N) is 3. The van der Waals surface area contributed by atoms with Gasteiger partial charge >= 0.3 is 6.03 Å². The molecular formula is C19H33N3O4. The van der Waals surface area contributed by atoms with Gasteiger partial charge in [0.15, 0.2) is 11.5 Å². The first kappa shape index (κ1) is 22.1. The third-order valence-electron chi connectivity index (χ3n) is 3.66. The van der Waals surface area contributed by atoms with Crippen LogP contribution in [0.2, 0.25) is 0 Å². The fourth-order valence-corrected chi connectivity index (χ4v) is 2.22. The molecule has 0 fully saturated rings. The molecule has 0 radical (unpaired) electrons. The monoisotopic (exact) mass is 367 g/mol. The summed E-state index contributed by atoms with van der Waals surface area (Å²) in [6.07, 6.45) is 1.01. The van der Waals surface area contributed by atoms with Gasteiger partial charge in [-0.1, -0.05) is 26.8 Å². The summed E-state index contributed by atoms with van der Waals surface area (Å²) in [4.78, 5) is 11.5. The molecule has 0 heterocycles. The lowest BCUT2D eigenvalue weighted by molar-refractivity contribution is 0.103. The Kier molecular flexibility index (Phi) is 10.5. The van der Waals surface area contributed by atoms with E-state index in [2.05, 4.69) is 16.0 Å². The lowest BCUT2D eigenvalue weighted by Gasteiger charge is -2.17. The van der Waals surface area contributed by atoms with E-state index in [1.54, 1.807) is 7.11 Å². The fraction of sp³-hybridized carbons (Fsp3) is 0.632. The normalized spacial score (nSPS) is 11.9. The van der Waals surface area contributed by atoms with Crippen LogP contribution in [0.25, 0.3) is 0 Å². The van der Waals surface area contributed by atoms with Crippen molar-refractivity contribution in [2.45, 2.75) is 45.8 Å². The average molecular weight is 367 g/mol. The number of aliphatic hydroxyl groups is 1. The van der Waals surface area contributed by atoms with Gasteiger partial charge in [0.1, 0.15) is 12.7 Å². The minimum absolute atomic E-state index is 0.150. The van der Waals surface area contributed by atoms with Gasteiger partial charge in [-0.2, -0.15) is 0 Å². The molecule has 2 amide bonds. The van der Waals surface area contributed by atoms with Gasteiger partial charge in [-0.15, -0.1) is 0 Å². The van der Waals surface area contributed by atoms with Gasteiger partial charge in [-0.05, 0) is 30.5 Å². The molecule has 0 bridgehead atoms. The van der Waals surface area contributed by atoms with E-state index in [0.717, 1.165) is 12.0 Å². The molecule has 0 aliphatic carbocycles. The smallest absolute Gasteiger partial charge is 0.314 e. The van der Waals surface area contributed by atoms with Crippen LogP contribution < -0.4 is 25.4 Å². The summed E-state index contributed by atoms with van der Waals surface area (Å²) in [5.74, 6) is 1.20. The number of benzene rings is 1. The maximum Gasteiger partial charge on any atom is 0.314 e. The molecular weight excluding hydrogens is 334 g/mol. The van der Waals surface area contributed by atoms with Gasteiger partial charge < -0.3 is 30.5 Å². The van der Waals surface area contributed by atoms with Crippen molar-refractivity contribution in [1.82, 2.24) is 16.0 Å². The quantitative estimate of drug-likeness (QED) is 0.451. The Bertz CT molecular complexity index is 538. The number of methoxy groups -OCH3 is 1. The number of aliphatic hydroxyl groups excluding tert-OH is 1. The highest BCUT2D eigenvalue weighted by molar-refractivity contribution is 5.73. The van der Waals surface area contributed by atoms with Crippen molar-refractivity contribution in [2.24, 2.45) is 0 Å². The summed E-state index contributed by atoms with van der Waals surface area (Å²) >= 11 is 0. The van der Waals surface area contributed by atoms with E-state index in [1.807, 2.05) is 39.0 Å². The number of carbonyl (C=O) groups is 1. The van der Waals surface area contributed by atoms with Crippen LogP contribution in [0.3, 0.4) is 0 Å². The van der Waals surface area contributed by atoms with Gasteiger partial charge in [-0.25, -0.2) is 4.79 Å². The van der Waals surface area contributed by atoms with E-state index in [0.29, 0.717) is 43.6 Å². The maximum absolute atomic E-state index is 11.5. The van der Waals surface area contributed by atoms with Gasteiger partial charge in [-0.3, -0.25) is 0 Å². The topological polar surface area (TPSA) is 91.9 Å². The van der Waals surface area contributed by atoms with E-state index in [-0.39, 0.29) is 12.6 Å². The van der Waals surface area contributed by atoms with E-state index in [4.69, 9.17) is 9.47 Å². The highest BCUT2D eigenvalue weighted by Crippen LogP contribution is 2.28. The SMILES string of the molecule is CCCNC(=O)NCCc1ccc(OCC(O)CNC(C)C)c(OC)c1. The van der Waals surface area contributed by atoms with E-state index < -0.39 is 6.10 Å². The fourth-order valence-electron chi connectivity index (χ4n) is 2.22. The molecule has 0 spiro atoms. The molecule has 0 aromatic heterocycles. The van der Waals surface area contributed by atoms with Crippen molar-refractivity contribution < 1.29 is 19.4 Å². The predicted octanol–water partition coefficient (Wildman–Crippen LogP) is 1.68. The first-order valence-electron chi connectivity index (χ1n) is 9.19. The largest absolute Gasteiger partial charge is 0.493 e. The summed E-state index contributed by atoms with van der Waals surface area (Å²) < 4.78 is 11.0. The third-order valence-corrected chi connectivity index (χ3v) is 3.66. The molecule has 1 unspecified atom stereocenters. The number of hydrogen-bond donors (Lipinski definition) is 4. The van der Waals surface area contributed by atoms with E-state index in [9.17, 15) is 9.90 Å². The number of amides is 2. The van der Waals surface area contributed by atoms with Gasteiger partial charge in [0, 0.05) is 25.7 Å². The summed E-state index contributed by atoms with van der Waals surface area (Å²) in [5.41, 5.74) is 1.03. The third kappa shape index (κ3) is 8.92. The zero-order valence-electron chi connectivity index (χ0n) is 16.3. The molecule has 1 aromatic rings. The van der Waals surface area contributed by atoms with Crippen LogP contribution in [0, 0.1) is 0 Å². The Morgan fingerprint density at radius 3 is 2.58 bits per heavy atom.